The number of urea groups is 1. The second-order valence-electron chi connectivity index (χ2n) is 9.21. The number of hydrogen-bond donors (Lipinski definition) is 1. The molecule has 2 fully saturated rings. The van der Waals surface area contributed by atoms with Gasteiger partial charge >= 0.3 is 6.03 Å². The predicted octanol–water partition coefficient (Wildman–Crippen LogP) is 1.61. The van der Waals surface area contributed by atoms with Gasteiger partial charge < -0.3 is 15.0 Å². The predicted molar refractivity (Wildman–Crippen MR) is 132 cm³/mol. The highest BCUT2D eigenvalue weighted by molar-refractivity contribution is 7.89. The Labute approximate surface area is 210 Å². The number of amides is 4. The van der Waals surface area contributed by atoms with Gasteiger partial charge in [-0.25, -0.2) is 13.2 Å². The molecule has 2 aromatic carbocycles. The summed E-state index contributed by atoms with van der Waals surface area (Å²) in [5.74, 6) is -0.326. The van der Waals surface area contributed by atoms with Gasteiger partial charge in [-0.3, -0.25) is 14.5 Å². The van der Waals surface area contributed by atoms with Crippen LogP contribution in [0.1, 0.15) is 23.6 Å². The first-order chi connectivity index (χ1) is 17.0. The van der Waals surface area contributed by atoms with Crippen molar-refractivity contribution >= 4 is 27.9 Å². The maximum Gasteiger partial charge on any atom is 0.325 e. The normalized spacial score (nSPS) is 21.0. The average Bonchev–Trinajstić information content (AvgIpc) is 3.09. The molecule has 4 amide bonds. The summed E-state index contributed by atoms with van der Waals surface area (Å²) in [5.41, 5.74) is 1.16. The SMILES string of the molecule is COc1ccc([C@]2(C)NC(=O)N(CC(=O)N3CCN(S(=O)(=O)c4ccc(C)c(C)c4)CC3)C2=O)cc1. The monoisotopic (exact) mass is 514 g/mol. The summed E-state index contributed by atoms with van der Waals surface area (Å²) in [6.45, 7) is 5.55. The highest BCUT2D eigenvalue weighted by Crippen LogP contribution is 2.30. The number of hydrogen-bond acceptors (Lipinski definition) is 6. The highest BCUT2D eigenvalue weighted by Gasteiger charge is 2.49. The fourth-order valence-corrected chi connectivity index (χ4v) is 5.90. The van der Waals surface area contributed by atoms with Crippen LogP contribution in [0.15, 0.2) is 47.4 Å². The quantitative estimate of drug-likeness (QED) is 0.586. The molecule has 2 aromatic rings. The van der Waals surface area contributed by atoms with Crippen LogP contribution in [0.3, 0.4) is 0 Å². The van der Waals surface area contributed by atoms with E-state index < -0.39 is 40.0 Å². The van der Waals surface area contributed by atoms with Crippen molar-refractivity contribution in [1.29, 1.82) is 0 Å². The van der Waals surface area contributed by atoms with Crippen molar-refractivity contribution in [3.8, 4) is 5.75 Å². The van der Waals surface area contributed by atoms with Crippen molar-refractivity contribution in [2.75, 3.05) is 39.8 Å². The molecule has 0 bridgehead atoms. The van der Waals surface area contributed by atoms with Crippen LogP contribution in [0.25, 0.3) is 0 Å². The van der Waals surface area contributed by atoms with Gasteiger partial charge in [0.15, 0.2) is 0 Å². The zero-order valence-electron chi connectivity index (χ0n) is 20.8. The maximum atomic E-state index is 13.2. The van der Waals surface area contributed by atoms with E-state index in [1.807, 2.05) is 13.8 Å². The molecule has 2 aliphatic heterocycles. The summed E-state index contributed by atoms with van der Waals surface area (Å²) in [6, 6.07) is 11.1. The Bertz CT molecular complexity index is 1300. The minimum atomic E-state index is -3.68. The maximum absolute atomic E-state index is 13.2. The molecule has 0 aromatic heterocycles. The Morgan fingerprint density at radius 3 is 2.22 bits per heavy atom. The molecule has 192 valence electrons. The number of imide groups is 1. The van der Waals surface area contributed by atoms with E-state index in [9.17, 15) is 22.8 Å². The molecule has 0 saturated carbocycles. The highest BCUT2D eigenvalue weighted by atomic mass is 32.2. The van der Waals surface area contributed by atoms with Crippen LogP contribution in [0.5, 0.6) is 5.75 Å². The van der Waals surface area contributed by atoms with Gasteiger partial charge in [-0.2, -0.15) is 4.31 Å². The van der Waals surface area contributed by atoms with Crippen LogP contribution in [0.4, 0.5) is 4.79 Å². The standard InChI is InChI=1S/C25H30N4O6S/c1-17-5-10-21(15-18(17)2)36(33,34)28-13-11-27(12-14-28)22(30)16-29-23(31)25(3,26-24(29)32)19-6-8-20(35-4)9-7-19/h5-10,15H,11-14,16H2,1-4H3,(H,26,32)/t25-/m0/s1. The molecule has 10 nitrogen and oxygen atoms in total. The Morgan fingerprint density at radius 2 is 1.64 bits per heavy atom. The Hall–Kier alpha value is -3.44. The number of aryl methyl sites for hydroxylation is 2. The second kappa shape index (κ2) is 9.55. The van der Waals surface area contributed by atoms with E-state index in [1.165, 1.54) is 16.3 Å². The Kier molecular flexibility index (Phi) is 6.80. The summed E-state index contributed by atoms with van der Waals surface area (Å²) >= 11 is 0. The van der Waals surface area contributed by atoms with Crippen LogP contribution >= 0.6 is 0 Å². The first-order valence-corrected chi connectivity index (χ1v) is 13.0. The summed E-state index contributed by atoms with van der Waals surface area (Å²) in [6.07, 6.45) is 0. The number of piperazine rings is 1. The minimum absolute atomic E-state index is 0.130. The zero-order valence-corrected chi connectivity index (χ0v) is 21.6. The lowest BCUT2D eigenvalue weighted by molar-refractivity contribution is -0.139. The van der Waals surface area contributed by atoms with Gasteiger partial charge in [-0.1, -0.05) is 18.2 Å². The van der Waals surface area contributed by atoms with Crippen molar-refractivity contribution in [3.05, 3.63) is 59.2 Å². The number of benzene rings is 2. The lowest BCUT2D eigenvalue weighted by Gasteiger charge is -2.34. The van der Waals surface area contributed by atoms with Crippen molar-refractivity contribution < 1.29 is 27.5 Å². The molecular formula is C25H30N4O6S. The molecule has 1 atom stereocenters. The van der Waals surface area contributed by atoms with Crippen LogP contribution in [-0.2, 0) is 25.2 Å². The van der Waals surface area contributed by atoms with Gasteiger partial charge in [0, 0.05) is 26.2 Å². The lowest BCUT2D eigenvalue weighted by Crippen LogP contribution is -2.53. The number of sulfonamides is 1. The molecule has 0 aliphatic carbocycles. The lowest BCUT2D eigenvalue weighted by atomic mass is 9.92. The number of nitrogens with zero attached hydrogens (tertiary/aromatic N) is 3. The molecular weight excluding hydrogens is 484 g/mol. The van der Waals surface area contributed by atoms with Gasteiger partial charge in [-0.15, -0.1) is 0 Å². The topological polar surface area (TPSA) is 116 Å². The molecule has 11 heteroatoms. The summed E-state index contributed by atoms with van der Waals surface area (Å²) in [4.78, 5) is 41.3. The fraction of sp³-hybridized carbons (Fsp3) is 0.400. The number of carbonyl (C=O) groups excluding carboxylic acids is 3. The van der Waals surface area contributed by atoms with Crippen molar-refractivity contribution in [2.45, 2.75) is 31.2 Å². The molecule has 2 aliphatic rings. The van der Waals surface area contributed by atoms with Crippen molar-refractivity contribution in [1.82, 2.24) is 19.4 Å². The number of carbonyl (C=O) groups is 3. The average molecular weight is 515 g/mol. The number of methoxy groups -OCH3 is 1. The first-order valence-electron chi connectivity index (χ1n) is 11.6. The summed E-state index contributed by atoms with van der Waals surface area (Å²) in [5, 5.41) is 2.68. The second-order valence-corrected chi connectivity index (χ2v) is 11.1. The third-order valence-electron chi connectivity index (χ3n) is 6.94. The largest absolute Gasteiger partial charge is 0.497 e. The first kappa shape index (κ1) is 25.6. The minimum Gasteiger partial charge on any atom is -0.497 e. The Balaban J connectivity index is 1.40. The van der Waals surface area contributed by atoms with Gasteiger partial charge in [0.05, 0.1) is 12.0 Å². The fourth-order valence-electron chi connectivity index (χ4n) is 4.40. The molecule has 1 N–H and O–H groups in total. The van der Waals surface area contributed by atoms with Crippen LogP contribution < -0.4 is 10.1 Å². The van der Waals surface area contributed by atoms with E-state index in [1.54, 1.807) is 49.4 Å². The van der Waals surface area contributed by atoms with E-state index in [4.69, 9.17) is 4.74 Å². The smallest absolute Gasteiger partial charge is 0.325 e. The van der Waals surface area contributed by atoms with Gasteiger partial charge in [0.2, 0.25) is 15.9 Å². The number of nitrogens with one attached hydrogen (secondary N) is 1. The molecule has 0 radical (unpaired) electrons. The van der Waals surface area contributed by atoms with E-state index in [2.05, 4.69) is 5.32 Å². The van der Waals surface area contributed by atoms with Crippen LogP contribution in [0.2, 0.25) is 0 Å². The zero-order chi connectivity index (χ0) is 26.3. The summed E-state index contributed by atoms with van der Waals surface area (Å²) < 4.78 is 32.6. The molecule has 36 heavy (non-hydrogen) atoms. The summed E-state index contributed by atoms with van der Waals surface area (Å²) in [7, 11) is -2.15. The molecule has 2 heterocycles. The number of ether oxygens (including phenoxy) is 1. The molecule has 4 rings (SSSR count). The van der Waals surface area contributed by atoms with Gasteiger partial charge in [-0.05, 0) is 61.7 Å². The Morgan fingerprint density at radius 1 is 1.00 bits per heavy atom. The van der Waals surface area contributed by atoms with E-state index in [-0.39, 0.29) is 31.1 Å². The van der Waals surface area contributed by atoms with Crippen LogP contribution in [0, 0.1) is 13.8 Å². The van der Waals surface area contributed by atoms with E-state index in [0.717, 1.165) is 16.0 Å². The molecule has 0 spiro atoms. The van der Waals surface area contributed by atoms with Crippen molar-refractivity contribution in [2.24, 2.45) is 0 Å². The van der Waals surface area contributed by atoms with Crippen molar-refractivity contribution in [3.63, 3.8) is 0 Å². The molecule has 2 saturated heterocycles. The third-order valence-corrected chi connectivity index (χ3v) is 8.84. The van der Waals surface area contributed by atoms with E-state index in [0.29, 0.717) is 11.3 Å². The van der Waals surface area contributed by atoms with Gasteiger partial charge in [0.25, 0.3) is 5.91 Å². The third kappa shape index (κ3) is 4.56. The van der Waals surface area contributed by atoms with E-state index >= 15 is 0 Å². The number of rotatable bonds is 6. The van der Waals surface area contributed by atoms with Crippen LogP contribution in [-0.4, -0.2) is 80.2 Å². The van der Waals surface area contributed by atoms with Gasteiger partial charge in [0.1, 0.15) is 17.8 Å². The molecule has 0 unspecified atom stereocenters.